The second kappa shape index (κ2) is 7.75. The predicted octanol–water partition coefficient (Wildman–Crippen LogP) is 4.04. The molecular weight excluding hydrogens is 352 g/mol. The van der Waals surface area contributed by atoms with E-state index in [0.717, 1.165) is 27.6 Å². The van der Waals surface area contributed by atoms with Crippen LogP contribution in [0.5, 0.6) is 0 Å². The minimum Gasteiger partial charge on any atom is -0.311 e. The van der Waals surface area contributed by atoms with Gasteiger partial charge in [0.05, 0.1) is 6.21 Å². The fourth-order valence-corrected chi connectivity index (χ4v) is 2.97. The second-order valence-corrected chi connectivity index (χ2v) is 6.25. The summed E-state index contributed by atoms with van der Waals surface area (Å²) in [6.07, 6.45) is 1.57. The fraction of sp³-hybridized carbons (Fsp3) is 0.0455. The van der Waals surface area contributed by atoms with E-state index in [2.05, 4.69) is 39.6 Å². The van der Waals surface area contributed by atoms with Gasteiger partial charge in [-0.15, -0.1) is 0 Å². The number of nitrogens with zero attached hydrogens (tertiary/aromatic N) is 3. The maximum absolute atomic E-state index is 11.5. The van der Waals surface area contributed by atoms with Crippen LogP contribution in [0.4, 0.5) is 21.9 Å². The number of para-hydroxylation sites is 2. The van der Waals surface area contributed by atoms with E-state index in [9.17, 15) is 9.59 Å². The summed E-state index contributed by atoms with van der Waals surface area (Å²) in [4.78, 5) is 24.9. The lowest BCUT2D eigenvalue weighted by atomic mass is 10.1. The molecule has 1 saturated heterocycles. The van der Waals surface area contributed by atoms with Crippen LogP contribution in [-0.2, 0) is 4.79 Å². The Morgan fingerprint density at radius 1 is 0.786 bits per heavy atom. The van der Waals surface area contributed by atoms with Crippen molar-refractivity contribution in [1.82, 2.24) is 10.3 Å². The molecule has 1 heterocycles. The topological polar surface area (TPSA) is 65.0 Å². The van der Waals surface area contributed by atoms with Gasteiger partial charge in [0.15, 0.2) is 0 Å². The van der Waals surface area contributed by atoms with Crippen LogP contribution in [0.2, 0.25) is 0 Å². The number of nitrogens with one attached hydrogen (secondary N) is 1. The molecule has 0 atom stereocenters. The highest BCUT2D eigenvalue weighted by molar-refractivity contribution is 6.02. The van der Waals surface area contributed by atoms with Gasteiger partial charge in [0.25, 0.3) is 0 Å². The standard InChI is InChI=1S/C22H18N4O2/c27-21-16-25(22(28)24-21)23-15-17-11-13-20(14-12-17)26(18-7-3-1-4-8-18)19-9-5-2-6-10-19/h1-15H,16H2,(H,24,27,28)/b23-15+. The van der Waals surface area contributed by atoms with E-state index in [0.29, 0.717) is 0 Å². The summed E-state index contributed by atoms with van der Waals surface area (Å²) >= 11 is 0. The molecule has 3 aromatic carbocycles. The third kappa shape index (κ3) is 3.76. The molecule has 0 radical (unpaired) electrons. The summed E-state index contributed by atoms with van der Waals surface area (Å²) in [6, 6.07) is 27.6. The van der Waals surface area contributed by atoms with Gasteiger partial charge in [-0.3, -0.25) is 10.1 Å². The Morgan fingerprint density at radius 3 is 1.82 bits per heavy atom. The van der Waals surface area contributed by atoms with E-state index < -0.39 is 6.03 Å². The van der Waals surface area contributed by atoms with E-state index in [4.69, 9.17) is 0 Å². The first-order chi connectivity index (χ1) is 13.7. The van der Waals surface area contributed by atoms with Crippen molar-refractivity contribution in [1.29, 1.82) is 0 Å². The minimum absolute atomic E-state index is 0.0524. The molecule has 6 nitrogen and oxygen atoms in total. The Balaban J connectivity index is 1.60. The molecule has 6 heteroatoms. The molecule has 3 amide bonds. The maximum atomic E-state index is 11.5. The highest BCUT2D eigenvalue weighted by Gasteiger charge is 2.25. The molecule has 0 unspecified atom stereocenters. The number of rotatable bonds is 5. The maximum Gasteiger partial charge on any atom is 0.344 e. The monoisotopic (exact) mass is 370 g/mol. The van der Waals surface area contributed by atoms with Gasteiger partial charge < -0.3 is 4.90 Å². The fourth-order valence-electron chi connectivity index (χ4n) is 2.97. The number of anilines is 3. The van der Waals surface area contributed by atoms with Crippen LogP contribution < -0.4 is 10.2 Å². The molecule has 1 aliphatic rings. The van der Waals surface area contributed by atoms with Gasteiger partial charge in [-0.2, -0.15) is 5.10 Å². The van der Waals surface area contributed by atoms with E-state index in [-0.39, 0.29) is 12.5 Å². The quantitative estimate of drug-likeness (QED) is 0.544. The number of amides is 3. The molecule has 1 N–H and O–H groups in total. The van der Waals surface area contributed by atoms with Gasteiger partial charge in [-0.05, 0) is 42.0 Å². The summed E-state index contributed by atoms with van der Waals surface area (Å²) in [5.74, 6) is -0.348. The molecular formula is C22H18N4O2. The highest BCUT2D eigenvalue weighted by Crippen LogP contribution is 2.33. The summed E-state index contributed by atoms with van der Waals surface area (Å²) < 4.78 is 0. The first-order valence-corrected chi connectivity index (χ1v) is 8.86. The molecule has 0 aromatic heterocycles. The van der Waals surface area contributed by atoms with Gasteiger partial charge in [0.2, 0.25) is 5.91 Å². The van der Waals surface area contributed by atoms with E-state index in [1.807, 2.05) is 60.7 Å². The van der Waals surface area contributed by atoms with Crippen molar-refractivity contribution >= 4 is 35.2 Å². The zero-order valence-corrected chi connectivity index (χ0v) is 15.0. The van der Waals surface area contributed by atoms with Crippen molar-refractivity contribution in [2.24, 2.45) is 5.10 Å². The zero-order valence-electron chi connectivity index (χ0n) is 15.0. The highest BCUT2D eigenvalue weighted by atomic mass is 16.2. The first-order valence-electron chi connectivity index (χ1n) is 8.86. The van der Waals surface area contributed by atoms with Crippen molar-refractivity contribution < 1.29 is 9.59 Å². The molecule has 138 valence electrons. The van der Waals surface area contributed by atoms with Crippen molar-refractivity contribution in [2.75, 3.05) is 11.4 Å². The zero-order chi connectivity index (χ0) is 19.3. The predicted molar refractivity (Wildman–Crippen MR) is 109 cm³/mol. The molecule has 4 rings (SSSR count). The Labute approximate surface area is 162 Å². The lowest BCUT2D eigenvalue weighted by Gasteiger charge is -2.25. The van der Waals surface area contributed by atoms with Gasteiger partial charge >= 0.3 is 6.03 Å². The number of hydrazone groups is 1. The van der Waals surface area contributed by atoms with Crippen LogP contribution in [0.1, 0.15) is 5.56 Å². The third-order valence-corrected chi connectivity index (χ3v) is 4.30. The summed E-state index contributed by atoms with van der Waals surface area (Å²) in [5.41, 5.74) is 3.95. The van der Waals surface area contributed by atoms with Crippen LogP contribution in [0, 0.1) is 0 Å². The molecule has 28 heavy (non-hydrogen) atoms. The summed E-state index contributed by atoms with van der Waals surface area (Å²) in [6.45, 7) is -0.0524. The number of carbonyl (C=O) groups is 2. The molecule has 1 fully saturated rings. The van der Waals surface area contributed by atoms with Crippen LogP contribution in [-0.4, -0.2) is 29.7 Å². The largest absolute Gasteiger partial charge is 0.344 e. The average molecular weight is 370 g/mol. The van der Waals surface area contributed by atoms with E-state index in [1.54, 1.807) is 6.21 Å². The average Bonchev–Trinajstić information content (AvgIpc) is 3.06. The molecule has 3 aromatic rings. The minimum atomic E-state index is -0.503. The van der Waals surface area contributed by atoms with Crippen molar-refractivity contribution in [2.45, 2.75) is 0 Å². The van der Waals surface area contributed by atoms with Crippen LogP contribution in [0.3, 0.4) is 0 Å². The molecule has 0 saturated carbocycles. The molecule has 0 bridgehead atoms. The number of carbonyl (C=O) groups excluding carboxylic acids is 2. The smallest absolute Gasteiger partial charge is 0.311 e. The number of hydrogen-bond acceptors (Lipinski definition) is 4. The van der Waals surface area contributed by atoms with Crippen LogP contribution >= 0.6 is 0 Å². The molecule has 1 aliphatic heterocycles. The van der Waals surface area contributed by atoms with Gasteiger partial charge in [0, 0.05) is 17.1 Å². The number of benzene rings is 3. The molecule has 0 spiro atoms. The van der Waals surface area contributed by atoms with Gasteiger partial charge in [-0.1, -0.05) is 48.5 Å². The number of imide groups is 1. The second-order valence-electron chi connectivity index (χ2n) is 6.25. The Morgan fingerprint density at radius 2 is 1.32 bits per heavy atom. The third-order valence-electron chi connectivity index (χ3n) is 4.30. The number of urea groups is 1. The lowest BCUT2D eigenvalue weighted by molar-refractivity contribution is -0.118. The Hall–Kier alpha value is -3.93. The summed E-state index contributed by atoms with van der Waals surface area (Å²) in [7, 11) is 0. The SMILES string of the molecule is O=C1CN(/N=C/c2ccc(N(c3ccccc3)c3ccccc3)cc2)C(=O)N1. The summed E-state index contributed by atoms with van der Waals surface area (Å²) in [5, 5.41) is 7.38. The van der Waals surface area contributed by atoms with E-state index >= 15 is 0 Å². The van der Waals surface area contributed by atoms with Gasteiger partial charge in [-0.25, -0.2) is 9.80 Å². The Kier molecular flexibility index (Phi) is 4.84. The lowest BCUT2D eigenvalue weighted by Crippen LogP contribution is -2.24. The first kappa shape index (κ1) is 17.5. The normalized spacial score (nSPS) is 13.8. The Bertz CT molecular complexity index is 962. The molecule has 0 aliphatic carbocycles. The van der Waals surface area contributed by atoms with Crippen molar-refractivity contribution in [3.05, 3.63) is 90.5 Å². The van der Waals surface area contributed by atoms with Crippen LogP contribution in [0.15, 0.2) is 90.0 Å². The van der Waals surface area contributed by atoms with Gasteiger partial charge in [0.1, 0.15) is 6.54 Å². The van der Waals surface area contributed by atoms with E-state index in [1.165, 1.54) is 0 Å². The van der Waals surface area contributed by atoms with Crippen molar-refractivity contribution in [3.8, 4) is 0 Å². The number of hydrogen-bond donors (Lipinski definition) is 1. The van der Waals surface area contributed by atoms with Crippen molar-refractivity contribution in [3.63, 3.8) is 0 Å². The van der Waals surface area contributed by atoms with Crippen LogP contribution in [0.25, 0.3) is 0 Å².